The first-order chi connectivity index (χ1) is 15.6. The molecule has 1 saturated carbocycles. The fourth-order valence-corrected chi connectivity index (χ4v) is 3.84. The van der Waals surface area contributed by atoms with E-state index in [4.69, 9.17) is 4.74 Å². The summed E-state index contributed by atoms with van der Waals surface area (Å²) in [6.45, 7) is 9.44. The van der Waals surface area contributed by atoms with E-state index < -0.39 is 17.5 Å². The molecule has 176 valence electrons. The van der Waals surface area contributed by atoms with Gasteiger partial charge in [-0.1, -0.05) is 18.9 Å². The molecule has 0 radical (unpaired) electrons. The second-order valence-electron chi connectivity index (χ2n) is 9.54. The number of nitriles is 1. The number of alkyl carbamates (subject to hydrolysis) is 1. The van der Waals surface area contributed by atoms with Crippen molar-refractivity contribution in [2.45, 2.75) is 78.0 Å². The van der Waals surface area contributed by atoms with Crippen molar-refractivity contribution in [2.24, 2.45) is 0 Å². The fraction of sp³-hybridized carbons (Fsp3) is 0.480. The van der Waals surface area contributed by atoms with Crippen molar-refractivity contribution in [1.82, 2.24) is 10.3 Å². The van der Waals surface area contributed by atoms with Gasteiger partial charge in [0.25, 0.3) is 0 Å². The van der Waals surface area contributed by atoms with Gasteiger partial charge in [0.2, 0.25) is 0 Å². The van der Waals surface area contributed by atoms with Gasteiger partial charge in [-0.15, -0.1) is 0 Å². The highest BCUT2D eigenvalue weighted by Crippen LogP contribution is 2.28. The Morgan fingerprint density at radius 1 is 1.12 bits per heavy atom. The van der Waals surface area contributed by atoms with E-state index in [0.717, 1.165) is 42.5 Å². The summed E-state index contributed by atoms with van der Waals surface area (Å²) in [5.41, 5.74) is 2.52. The summed E-state index contributed by atoms with van der Waals surface area (Å²) in [7, 11) is 0. The number of aryl methyl sites for hydroxylation is 2. The smallest absolute Gasteiger partial charge is 0.407 e. The highest BCUT2D eigenvalue weighted by atomic mass is 19.1. The molecule has 1 amide bonds. The van der Waals surface area contributed by atoms with Gasteiger partial charge < -0.3 is 20.7 Å². The van der Waals surface area contributed by atoms with Crippen LogP contribution in [0.15, 0.2) is 24.3 Å². The highest BCUT2D eigenvalue weighted by Gasteiger charge is 2.29. The second-order valence-corrected chi connectivity index (χ2v) is 9.54. The Bertz CT molecular complexity index is 1060. The molecule has 3 rings (SSSR count). The second kappa shape index (κ2) is 10.1. The average molecular weight is 454 g/mol. The number of ether oxygens (including phenoxy) is 1. The molecule has 1 aliphatic rings. The maximum Gasteiger partial charge on any atom is 0.407 e. The van der Waals surface area contributed by atoms with Gasteiger partial charge in [-0.3, -0.25) is 0 Å². The number of amides is 1. The summed E-state index contributed by atoms with van der Waals surface area (Å²) >= 11 is 0. The van der Waals surface area contributed by atoms with Crippen LogP contribution in [0.25, 0.3) is 0 Å². The van der Waals surface area contributed by atoms with Crippen LogP contribution in [0.5, 0.6) is 0 Å². The first-order valence-electron chi connectivity index (χ1n) is 11.3. The van der Waals surface area contributed by atoms with Crippen molar-refractivity contribution in [3.05, 3.63) is 46.8 Å². The molecule has 1 heterocycles. The zero-order chi connectivity index (χ0) is 24.2. The molecular formula is C25H32FN5O2. The number of anilines is 3. The van der Waals surface area contributed by atoms with Gasteiger partial charge >= 0.3 is 6.09 Å². The lowest BCUT2D eigenvalue weighted by Crippen LogP contribution is -2.50. The number of carbonyl (C=O) groups excluding carboxylic acids is 1. The minimum Gasteiger partial charge on any atom is -0.444 e. The van der Waals surface area contributed by atoms with Gasteiger partial charge in [-0.2, -0.15) is 5.26 Å². The topological polar surface area (TPSA) is 99.1 Å². The molecule has 7 nitrogen and oxygen atoms in total. The largest absolute Gasteiger partial charge is 0.444 e. The van der Waals surface area contributed by atoms with Crippen molar-refractivity contribution in [1.29, 1.82) is 5.26 Å². The van der Waals surface area contributed by atoms with E-state index in [1.54, 1.807) is 0 Å². The number of nitrogens with one attached hydrogen (secondary N) is 3. The van der Waals surface area contributed by atoms with Crippen LogP contribution in [0.3, 0.4) is 0 Å². The van der Waals surface area contributed by atoms with Crippen LogP contribution in [0.1, 0.15) is 63.1 Å². The molecule has 0 spiro atoms. The van der Waals surface area contributed by atoms with Crippen LogP contribution in [0, 0.1) is 31.0 Å². The molecule has 2 aromatic rings. The molecule has 1 aromatic carbocycles. The molecule has 33 heavy (non-hydrogen) atoms. The first kappa shape index (κ1) is 24.3. The Kier molecular flexibility index (Phi) is 7.42. The van der Waals surface area contributed by atoms with Crippen LogP contribution in [-0.2, 0) is 4.74 Å². The monoisotopic (exact) mass is 453 g/mol. The van der Waals surface area contributed by atoms with Crippen molar-refractivity contribution in [2.75, 3.05) is 10.6 Å². The van der Waals surface area contributed by atoms with Crippen molar-refractivity contribution in [3.8, 4) is 6.07 Å². The van der Waals surface area contributed by atoms with Gasteiger partial charge in [0.1, 0.15) is 11.7 Å². The van der Waals surface area contributed by atoms with Crippen molar-refractivity contribution in [3.63, 3.8) is 0 Å². The molecule has 2 atom stereocenters. The lowest BCUT2D eigenvalue weighted by atomic mass is 9.90. The summed E-state index contributed by atoms with van der Waals surface area (Å²) in [5, 5.41) is 18.7. The molecule has 0 bridgehead atoms. The Hall–Kier alpha value is -3.34. The maximum atomic E-state index is 14.8. The first-order valence-corrected chi connectivity index (χ1v) is 11.3. The zero-order valence-corrected chi connectivity index (χ0v) is 19.9. The summed E-state index contributed by atoms with van der Waals surface area (Å²) in [4.78, 5) is 16.7. The predicted molar refractivity (Wildman–Crippen MR) is 127 cm³/mol. The average Bonchev–Trinajstić information content (AvgIpc) is 2.73. The minimum absolute atomic E-state index is 0.0447. The molecular weight excluding hydrogens is 421 g/mol. The Morgan fingerprint density at radius 3 is 2.45 bits per heavy atom. The van der Waals surface area contributed by atoms with Gasteiger partial charge in [-0.05, 0) is 76.8 Å². The van der Waals surface area contributed by atoms with E-state index in [1.165, 1.54) is 6.07 Å². The molecule has 8 heteroatoms. The Labute approximate surface area is 194 Å². The highest BCUT2D eigenvalue weighted by molar-refractivity contribution is 5.69. The molecule has 1 fully saturated rings. The normalized spacial score (nSPS) is 18.2. The number of benzene rings is 1. The van der Waals surface area contributed by atoms with Gasteiger partial charge in [-0.25, -0.2) is 14.2 Å². The van der Waals surface area contributed by atoms with Crippen molar-refractivity contribution >= 4 is 23.4 Å². The summed E-state index contributed by atoms with van der Waals surface area (Å²) in [6.07, 6.45) is 2.92. The molecule has 0 aliphatic heterocycles. The van der Waals surface area contributed by atoms with Crippen LogP contribution >= 0.6 is 0 Å². The van der Waals surface area contributed by atoms with E-state index >= 15 is 0 Å². The van der Waals surface area contributed by atoms with Crippen LogP contribution in [0.2, 0.25) is 0 Å². The van der Waals surface area contributed by atoms with E-state index in [2.05, 4.69) is 20.9 Å². The van der Waals surface area contributed by atoms with Crippen LogP contribution < -0.4 is 16.0 Å². The summed E-state index contributed by atoms with van der Waals surface area (Å²) in [6, 6.07) is 8.57. The lowest BCUT2D eigenvalue weighted by Gasteiger charge is -2.33. The Morgan fingerprint density at radius 2 is 1.82 bits per heavy atom. The third-order valence-corrected chi connectivity index (χ3v) is 5.66. The summed E-state index contributed by atoms with van der Waals surface area (Å²) < 4.78 is 20.2. The standard InChI is InChI=1S/C25H32FN5O2/c1-15-10-11-18(12-16(15)2)28-22-17(14-27)13-19(26)23(31-22)29-20-8-6-7-9-21(20)30-24(32)33-25(3,4)5/h10-13,20-21H,6-9H2,1-5H3,(H,30,32)(H2,28,29,31)/t20-,21+/m1/s1. The third kappa shape index (κ3) is 6.58. The number of carbonyl (C=O) groups is 1. The van der Waals surface area contributed by atoms with E-state index in [1.807, 2.05) is 58.9 Å². The lowest BCUT2D eigenvalue weighted by molar-refractivity contribution is 0.0488. The van der Waals surface area contributed by atoms with Crippen molar-refractivity contribution < 1.29 is 13.9 Å². The van der Waals surface area contributed by atoms with E-state index in [-0.39, 0.29) is 29.3 Å². The maximum absolute atomic E-state index is 14.8. The molecule has 1 aromatic heterocycles. The SMILES string of the molecule is Cc1ccc(Nc2nc(N[C@@H]3CCCC[C@@H]3NC(=O)OC(C)(C)C)c(F)cc2C#N)cc1C. The number of hydrogen-bond donors (Lipinski definition) is 3. The molecule has 0 saturated heterocycles. The predicted octanol–water partition coefficient (Wildman–Crippen LogP) is 5.70. The minimum atomic E-state index is -0.612. The van der Waals surface area contributed by atoms with Gasteiger partial charge in [0.05, 0.1) is 11.6 Å². The number of hydrogen-bond acceptors (Lipinski definition) is 6. The quantitative estimate of drug-likeness (QED) is 0.537. The number of pyridine rings is 1. The zero-order valence-electron chi connectivity index (χ0n) is 19.9. The Balaban J connectivity index is 1.81. The number of nitrogens with zero attached hydrogens (tertiary/aromatic N) is 2. The van der Waals surface area contributed by atoms with Gasteiger partial charge in [0, 0.05) is 11.7 Å². The summed E-state index contributed by atoms with van der Waals surface area (Å²) in [5.74, 6) is -0.292. The van der Waals surface area contributed by atoms with E-state index in [9.17, 15) is 14.4 Å². The van der Waals surface area contributed by atoms with Crippen LogP contribution in [0.4, 0.5) is 26.5 Å². The van der Waals surface area contributed by atoms with E-state index in [0.29, 0.717) is 0 Å². The molecule has 0 unspecified atom stereocenters. The molecule has 3 N–H and O–H groups in total. The number of rotatable bonds is 5. The number of halogens is 1. The third-order valence-electron chi connectivity index (χ3n) is 5.66. The van der Waals surface area contributed by atoms with Crippen LogP contribution in [-0.4, -0.2) is 28.8 Å². The fourth-order valence-electron chi connectivity index (χ4n) is 3.84. The molecule has 1 aliphatic carbocycles. The number of aromatic nitrogens is 1. The van der Waals surface area contributed by atoms with Gasteiger partial charge in [0.15, 0.2) is 17.5 Å².